The van der Waals surface area contributed by atoms with Crippen LogP contribution in [0.3, 0.4) is 0 Å². The normalized spacial score (nSPS) is 11.4. The predicted octanol–water partition coefficient (Wildman–Crippen LogP) is 3.46. The molecule has 0 bridgehead atoms. The van der Waals surface area contributed by atoms with Gasteiger partial charge in [0, 0.05) is 11.6 Å². The van der Waals surface area contributed by atoms with Crippen molar-refractivity contribution in [2.24, 2.45) is 5.10 Å². The van der Waals surface area contributed by atoms with Gasteiger partial charge in [-0.2, -0.15) is 9.78 Å². The molecule has 0 aliphatic rings. The van der Waals surface area contributed by atoms with Gasteiger partial charge in [0.2, 0.25) is 0 Å². The quantitative estimate of drug-likeness (QED) is 0.540. The summed E-state index contributed by atoms with van der Waals surface area (Å²) in [5.74, 6) is 1.42. The fourth-order valence-electron chi connectivity index (χ4n) is 3.29. The van der Waals surface area contributed by atoms with E-state index in [1.54, 1.807) is 25.1 Å². The number of hydrogen-bond acceptors (Lipinski definition) is 6. The molecule has 29 heavy (non-hydrogen) atoms. The van der Waals surface area contributed by atoms with Crippen molar-refractivity contribution in [3.8, 4) is 17.2 Å². The molecule has 7 nitrogen and oxygen atoms in total. The summed E-state index contributed by atoms with van der Waals surface area (Å²) < 4.78 is 11.8. The lowest BCUT2D eigenvalue weighted by Crippen LogP contribution is -2.20. The number of fused-ring (bicyclic) bond motifs is 2. The zero-order valence-corrected chi connectivity index (χ0v) is 16.2. The van der Waals surface area contributed by atoms with Gasteiger partial charge in [0.1, 0.15) is 11.6 Å². The molecule has 0 unspecified atom stereocenters. The van der Waals surface area contributed by atoms with Crippen LogP contribution >= 0.6 is 0 Å². The van der Waals surface area contributed by atoms with E-state index >= 15 is 0 Å². The van der Waals surface area contributed by atoms with Gasteiger partial charge >= 0.3 is 0 Å². The van der Waals surface area contributed by atoms with Gasteiger partial charge < -0.3 is 14.6 Å². The van der Waals surface area contributed by atoms with E-state index in [2.05, 4.69) is 10.1 Å². The number of rotatable bonds is 4. The van der Waals surface area contributed by atoms with Crippen molar-refractivity contribution in [2.45, 2.75) is 6.92 Å². The van der Waals surface area contributed by atoms with E-state index in [9.17, 15) is 9.90 Å². The standard InChI is InChI=1S/C22H19N3O4/c1-13-24-18-11-21(29-3)20(28-2)10-16(18)22(27)25(13)23-12-17-15-7-5-4-6-14(15)8-9-19(17)26/h4-12,26H,1-3H3. The first-order valence-electron chi connectivity index (χ1n) is 8.94. The highest BCUT2D eigenvalue weighted by Gasteiger charge is 2.13. The molecule has 3 aromatic carbocycles. The molecular formula is C22H19N3O4. The maximum absolute atomic E-state index is 13.0. The van der Waals surface area contributed by atoms with Crippen molar-refractivity contribution in [1.82, 2.24) is 9.66 Å². The van der Waals surface area contributed by atoms with Crippen molar-refractivity contribution in [2.75, 3.05) is 14.2 Å². The Morgan fingerprint density at radius 3 is 2.52 bits per heavy atom. The Balaban J connectivity index is 1.89. The number of hydrogen-bond donors (Lipinski definition) is 1. The first-order valence-corrected chi connectivity index (χ1v) is 8.94. The molecule has 1 aromatic heterocycles. The zero-order valence-electron chi connectivity index (χ0n) is 16.2. The average Bonchev–Trinajstić information content (AvgIpc) is 2.74. The maximum atomic E-state index is 13.0. The Bertz CT molecular complexity index is 1330. The molecular weight excluding hydrogens is 370 g/mol. The van der Waals surface area contributed by atoms with Gasteiger partial charge in [0.15, 0.2) is 11.5 Å². The third-order valence-corrected chi connectivity index (χ3v) is 4.76. The highest BCUT2D eigenvalue weighted by atomic mass is 16.5. The van der Waals surface area contributed by atoms with Crippen LogP contribution in [0, 0.1) is 6.92 Å². The van der Waals surface area contributed by atoms with E-state index in [-0.39, 0.29) is 11.3 Å². The molecule has 0 spiro atoms. The summed E-state index contributed by atoms with van der Waals surface area (Å²) >= 11 is 0. The van der Waals surface area contributed by atoms with Gasteiger partial charge in [-0.05, 0) is 29.8 Å². The molecule has 0 aliphatic heterocycles. The molecule has 0 amide bonds. The van der Waals surface area contributed by atoms with Crippen LogP contribution in [-0.2, 0) is 0 Å². The minimum absolute atomic E-state index is 0.0818. The molecule has 0 radical (unpaired) electrons. The number of aromatic hydroxyl groups is 1. The van der Waals surface area contributed by atoms with Gasteiger partial charge in [0.05, 0.1) is 31.3 Å². The summed E-state index contributed by atoms with van der Waals surface area (Å²) in [6, 6.07) is 14.3. The minimum atomic E-state index is -0.343. The van der Waals surface area contributed by atoms with Crippen molar-refractivity contribution < 1.29 is 14.6 Å². The first-order chi connectivity index (χ1) is 14.0. The highest BCUT2D eigenvalue weighted by Crippen LogP contribution is 2.30. The largest absolute Gasteiger partial charge is 0.507 e. The van der Waals surface area contributed by atoms with Crippen LogP contribution in [0.25, 0.3) is 21.7 Å². The topological polar surface area (TPSA) is 85.9 Å². The molecule has 1 heterocycles. The van der Waals surface area contributed by atoms with Crippen LogP contribution in [0.1, 0.15) is 11.4 Å². The van der Waals surface area contributed by atoms with Gasteiger partial charge in [0.25, 0.3) is 5.56 Å². The van der Waals surface area contributed by atoms with Gasteiger partial charge in [-0.3, -0.25) is 4.79 Å². The molecule has 0 atom stereocenters. The van der Waals surface area contributed by atoms with E-state index in [0.717, 1.165) is 10.8 Å². The van der Waals surface area contributed by atoms with E-state index in [1.807, 2.05) is 30.3 Å². The van der Waals surface area contributed by atoms with Crippen LogP contribution in [0.2, 0.25) is 0 Å². The second kappa shape index (κ2) is 7.27. The van der Waals surface area contributed by atoms with E-state index in [0.29, 0.717) is 33.8 Å². The number of aryl methyl sites for hydroxylation is 1. The number of benzene rings is 3. The second-order valence-corrected chi connectivity index (χ2v) is 6.46. The number of ether oxygens (including phenoxy) is 2. The van der Waals surface area contributed by atoms with E-state index in [1.165, 1.54) is 25.1 Å². The summed E-state index contributed by atoms with van der Waals surface area (Å²) in [5.41, 5.74) is 0.677. The molecule has 1 N–H and O–H groups in total. The fraction of sp³-hybridized carbons (Fsp3) is 0.136. The SMILES string of the molecule is COc1cc2nc(C)n(N=Cc3c(O)ccc4ccccc34)c(=O)c2cc1OC. The summed E-state index contributed by atoms with van der Waals surface area (Å²) in [6.45, 7) is 1.69. The lowest BCUT2D eigenvalue weighted by atomic mass is 10.0. The highest BCUT2D eigenvalue weighted by molar-refractivity contribution is 6.02. The maximum Gasteiger partial charge on any atom is 0.282 e. The van der Waals surface area contributed by atoms with Crippen LogP contribution in [0.15, 0.2) is 58.4 Å². The van der Waals surface area contributed by atoms with Crippen LogP contribution in [0.4, 0.5) is 0 Å². The molecule has 7 heteroatoms. The van der Waals surface area contributed by atoms with Gasteiger partial charge in [-0.15, -0.1) is 0 Å². The van der Waals surface area contributed by atoms with E-state index in [4.69, 9.17) is 9.47 Å². The molecule has 146 valence electrons. The summed E-state index contributed by atoms with van der Waals surface area (Å²) in [4.78, 5) is 17.5. The summed E-state index contributed by atoms with van der Waals surface area (Å²) in [5, 5.41) is 16.8. The van der Waals surface area contributed by atoms with Crippen molar-refractivity contribution in [1.29, 1.82) is 0 Å². The zero-order chi connectivity index (χ0) is 20.5. The van der Waals surface area contributed by atoms with Crippen molar-refractivity contribution in [3.05, 3.63) is 70.3 Å². The van der Waals surface area contributed by atoms with E-state index < -0.39 is 0 Å². The molecule has 4 rings (SSSR count). The Kier molecular flexibility index (Phi) is 4.64. The second-order valence-electron chi connectivity index (χ2n) is 6.46. The number of nitrogens with zero attached hydrogens (tertiary/aromatic N) is 3. The monoisotopic (exact) mass is 389 g/mol. The number of aromatic nitrogens is 2. The third kappa shape index (κ3) is 3.16. The number of phenolic OH excluding ortho intramolecular Hbond substituents is 1. The molecule has 4 aromatic rings. The predicted molar refractivity (Wildman–Crippen MR) is 112 cm³/mol. The van der Waals surface area contributed by atoms with Crippen LogP contribution in [-0.4, -0.2) is 35.2 Å². The molecule has 0 saturated carbocycles. The smallest absolute Gasteiger partial charge is 0.282 e. The fourth-order valence-corrected chi connectivity index (χ4v) is 3.29. The Morgan fingerprint density at radius 2 is 1.76 bits per heavy atom. The average molecular weight is 389 g/mol. The molecule has 0 aliphatic carbocycles. The Labute approximate surface area is 166 Å². The number of methoxy groups -OCH3 is 2. The first kappa shape index (κ1) is 18.5. The summed E-state index contributed by atoms with van der Waals surface area (Å²) in [6.07, 6.45) is 1.47. The van der Waals surface area contributed by atoms with Gasteiger partial charge in [-0.1, -0.05) is 30.3 Å². The molecule has 0 fully saturated rings. The lowest BCUT2D eigenvalue weighted by molar-refractivity contribution is 0.355. The third-order valence-electron chi connectivity index (χ3n) is 4.76. The van der Waals surface area contributed by atoms with Crippen molar-refractivity contribution >= 4 is 27.9 Å². The van der Waals surface area contributed by atoms with Crippen LogP contribution < -0.4 is 15.0 Å². The van der Waals surface area contributed by atoms with Crippen LogP contribution in [0.5, 0.6) is 17.2 Å². The Hall–Kier alpha value is -3.87. The minimum Gasteiger partial charge on any atom is -0.507 e. The lowest BCUT2D eigenvalue weighted by Gasteiger charge is -2.10. The summed E-state index contributed by atoms with van der Waals surface area (Å²) in [7, 11) is 3.03. The number of phenols is 1. The molecule has 0 saturated heterocycles. The van der Waals surface area contributed by atoms with Crippen molar-refractivity contribution in [3.63, 3.8) is 0 Å². The Morgan fingerprint density at radius 1 is 1.03 bits per heavy atom. The van der Waals surface area contributed by atoms with Gasteiger partial charge in [-0.25, -0.2) is 4.98 Å².